The van der Waals surface area contributed by atoms with Gasteiger partial charge >= 0.3 is 5.97 Å². The molecule has 0 saturated carbocycles. The van der Waals surface area contributed by atoms with E-state index >= 15 is 0 Å². The number of nitrogens with one attached hydrogen (secondary N) is 1. The van der Waals surface area contributed by atoms with Gasteiger partial charge in [0.2, 0.25) is 0 Å². The van der Waals surface area contributed by atoms with Crippen LogP contribution in [0.4, 0.5) is 0 Å². The van der Waals surface area contributed by atoms with E-state index in [1.54, 1.807) is 6.07 Å². The summed E-state index contributed by atoms with van der Waals surface area (Å²) in [5.41, 5.74) is 5.37. The van der Waals surface area contributed by atoms with E-state index in [2.05, 4.69) is 43.1 Å². The molecule has 0 aliphatic heterocycles. The van der Waals surface area contributed by atoms with Crippen molar-refractivity contribution in [3.05, 3.63) is 40.6 Å². The molecule has 0 spiro atoms. The summed E-state index contributed by atoms with van der Waals surface area (Å²) in [7, 11) is 0. The number of aromatic carboxylic acids is 1. The molecule has 0 aliphatic rings. The Morgan fingerprint density at radius 2 is 1.70 bits per heavy atom. The largest absolute Gasteiger partial charge is 0.477 e. The highest BCUT2D eigenvalue weighted by Crippen LogP contribution is 2.32. The van der Waals surface area contributed by atoms with E-state index in [1.807, 2.05) is 13.8 Å². The van der Waals surface area contributed by atoms with Gasteiger partial charge in [-0.15, -0.1) is 0 Å². The van der Waals surface area contributed by atoms with Crippen LogP contribution < -0.4 is 0 Å². The van der Waals surface area contributed by atoms with Crippen molar-refractivity contribution < 1.29 is 9.90 Å². The second-order valence-electron chi connectivity index (χ2n) is 6.21. The van der Waals surface area contributed by atoms with Gasteiger partial charge in [0, 0.05) is 5.56 Å². The number of benzene rings is 1. The maximum absolute atomic E-state index is 10.9. The van der Waals surface area contributed by atoms with Crippen LogP contribution in [0.1, 0.15) is 48.0 Å². The van der Waals surface area contributed by atoms with Gasteiger partial charge in [-0.2, -0.15) is 5.10 Å². The van der Waals surface area contributed by atoms with Crippen LogP contribution in [0.15, 0.2) is 18.2 Å². The van der Waals surface area contributed by atoms with E-state index in [1.165, 1.54) is 5.56 Å². The number of nitrogens with zero attached hydrogens (tertiary/aromatic N) is 1. The maximum atomic E-state index is 10.9. The van der Waals surface area contributed by atoms with Crippen LogP contribution in [0.25, 0.3) is 11.3 Å². The molecule has 106 valence electrons. The van der Waals surface area contributed by atoms with Crippen molar-refractivity contribution in [3.63, 3.8) is 0 Å². The number of aryl methyl sites for hydroxylation is 2. The van der Waals surface area contributed by atoms with Gasteiger partial charge in [0.05, 0.1) is 5.69 Å². The van der Waals surface area contributed by atoms with Crippen molar-refractivity contribution in [2.75, 3.05) is 0 Å². The lowest BCUT2D eigenvalue weighted by Gasteiger charge is -2.22. The van der Waals surface area contributed by atoms with Crippen LogP contribution in [0, 0.1) is 13.8 Å². The first-order valence-electron chi connectivity index (χ1n) is 6.61. The van der Waals surface area contributed by atoms with E-state index in [9.17, 15) is 4.79 Å². The van der Waals surface area contributed by atoms with E-state index in [0.29, 0.717) is 5.69 Å². The van der Waals surface area contributed by atoms with Crippen molar-refractivity contribution in [2.24, 2.45) is 0 Å². The normalized spacial score (nSPS) is 11.7. The molecule has 0 aliphatic carbocycles. The van der Waals surface area contributed by atoms with Crippen LogP contribution in [-0.4, -0.2) is 21.3 Å². The Morgan fingerprint density at radius 3 is 2.10 bits per heavy atom. The minimum atomic E-state index is -0.995. The third-order valence-corrected chi connectivity index (χ3v) is 3.46. The summed E-state index contributed by atoms with van der Waals surface area (Å²) in [4.78, 5) is 10.9. The lowest BCUT2D eigenvalue weighted by molar-refractivity contribution is 0.0690. The second-order valence-corrected chi connectivity index (χ2v) is 6.21. The summed E-state index contributed by atoms with van der Waals surface area (Å²) < 4.78 is 0. The van der Waals surface area contributed by atoms with Crippen molar-refractivity contribution in [1.82, 2.24) is 10.2 Å². The Balaban J connectivity index is 2.55. The fourth-order valence-corrected chi connectivity index (χ4v) is 2.36. The number of H-pyrrole nitrogens is 1. The lowest BCUT2D eigenvalue weighted by Crippen LogP contribution is -2.12. The molecular weight excluding hydrogens is 252 g/mol. The standard InChI is InChI=1S/C16H20N2O2/c1-9-6-11(16(3,4)5)7-10(2)14(9)12-8-13(15(19)20)18-17-12/h6-8H,1-5H3,(H,17,18)(H,19,20). The predicted octanol–water partition coefficient (Wildman–Crippen LogP) is 3.69. The SMILES string of the molecule is Cc1cc(C(C)(C)C)cc(C)c1-c1cc(C(=O)O)[nH]n1. The molecule has 1 aromatic heterocycles. The number of aromatic amines is 1. The topological polar surface area (TPSA) is 66.0 Å². The summed E-state index contributed by atoms with van der Waals surface area (Å²) in [6.45, 7) is 10.6. The summed E-state index contributed by atoms with van der Waals surface area (Å²) in [5, 5.41) is 15.6. The molecular formula is C16H20N2O2. The first-order chi connectivity index (χ1) is 9.20. The number of carboxylic acids is 1. The summed E-state index contributed by atoms with van der Waals surface area (Å²) in [6, 6.07) is 5.88. The monoisotopic (exact) mass is 272 g/mol. The van der Waals surface area contributed by atoms with Crippen LogP contribution in [-0.2, 0) is 5.41 Å². The van der Waals surface area contributed by atoms with Crippen LogP contribution in [0.5, 0.6) is 0 Å². The molecule has 20 heavy (non-hydrogen) atoms. The zero-order valence-electron chi connectivity index (χ0n) is 12.5. The Labute approximate surface area is 118 Å². The zero-order chi connectivity index (χ0) is 15.1. The third-order valence-electron chi connectivity index (χ3n) is 3.46. The van der Waals surface area contributed by atoms with Gasteiger partial charge in [0.1, 0.15) is 5.69 Å². The minimum absolute atomic E-state index is 0.0891. The van der Waals surface area contributed by atoms with Gasteiger partial charge in [-0.1, -0.05) is 32.9 Å². The number of hydrogen-bond acceptors (Lipinski definition) is 2. The molecule has 0 fully saturated rings. The average molecular weight is 272 g/mol. The first-order valence-corrected chi connectivity index (χ1v) is 6.61. The number of hydrogen-bond donors (Lipinski definition) is 2. The molecule has 1 aromatic carbocycles. The molecule has 2 aromatic rings. The Bertz CT molecular complexity index is 640. The first kappa shape index (κ1) is 14.3. The van der Waals surface area contributed by atoms with Gasteiger partial charge in [0.25, 0.3) is 0 Å². The Morgan fingerprint density at radius 1 is 1.15 bits per heavy atom. The van der Waals surface area contributed by atoms with Crippen molar-refractivity contribution in [1.29, 1.82) is 0 Å². The summed E-state index contributed by atoms with van der Waals surface area (Å²) in [5.74, 6) is -0.995. The quantitative estimate of drug-likeness (QED) is 0.876. The molecule has 0 amide bonds. The summed E-state index contributed by atoms with van der Waals surface area (Å²) >= 11 is 0. The zero-order valence-corrected chi connectivity index (χ0v) is 12.5. The third kappa shape index (κ3) is 2.59. The molecule has 0 saturated heterocycles. The smallest absolute Gasteiger partial charge is 0.353 e. The van der Waals surface area contributed by atoms with E-state index < -0.39 is 5.97 Å². The highest BCUT2D eigenvalue weighted by molar-refractivity contribution is 5.87. The maximum Gasteiger partial charge on any atom is 0.353 e. The highest BCUT2D eigenvalue weighted by atomic mass is 16.4. The van der Waals surface area contributed by atoms with Gasteiger partial charge < -0.3 is 5.11 Å². The van der Waals surface area contributed by atoms with Crippen molar-refractivity contribution in [3.8, 4) is 11.3 Å². The predicted molar refractivity (Wildman–Crippen MR) is 79.2 cm³/mol. The fourth-order valence-electron chi connectivity index (χ4n) is 2.36. The number of aromatic nitrogens is 2. The molecule has 0 radical (unpaired) electrons. The molecule has 0 atom stereocenters. The molecule has 0 bridgehead atoms. The van der Waals surface area contributed by atoms with Crippen molar-refractivity contribution >= 4 is 5.97 Å². The minimum Gasteiger partial charge on any atom is -0.477 e. The summed E-state index contributed by atoms with van der Waals surface area (Å²) in [6.07, 6.45) is 0. The molecule has 4 heteroatoms. The Kier molecular flexibility index (Phi) is 3.42. The van der Waals surface area contributed by atoms with Crippen LogP contribution in [0.2, 0.25) is 0 Å². The van der Waals surface area contributed by atoms with E-state index in [4.69, 9.17) is 5.11 Å². The molecule has 2 N–H and O–H groups in total. The fraction of sp³-hybridized carbons (Fsp3) is 0.375. The van der Waals surface area contributed by atoms with Crippen molar-refractivity contribution in [2.45, 2.75) is 40.0 Å². The Hall–Kier alpha value is -2.10. The highest BCUT2D eigenvalue weighted by Gasteiger charge is 2.18. The molecule has 1 heterocycles. The van der Waals surface area contributed by atoms with E-state index in [0.717, 1.165) is 16.7 Å². The van der Waals surface area contributed by atoms with Crippen LogP contribution in [0.3, 0.4) is 0 Å². The van der Waals surface area contributed by atoms with Gasteiger partial charge in [-0.25, -0.2) is 4.79 Å². The average Bonchev–Trinajstić information content (AvgIpc) is 2.76. The number of rotatable bonds is 2. The molecule has 0 unspecified atom stereocenters. The van der Waals surface area contributed by atoms with Crippen LogP contribution >= 0.6 is 0 Å². The number of carboxylic acid groups (broad SMARTS) is 1. The lowest BCUT2D eigenvalue weighted by atomic mass is 9.83. The van der Waals surface area contributed by atoms with Gasteiger partial charge in [0.15, 0.2) is 0 Å². The second kappa shape index (κ2) is 4.78. The van der Waals surface area contributed by atoms with E-state index in [-0.39, 0.29) is 11.1 Å². The van der Waals surface area contributed by atoms with Gasteiger partial charge in [-0.05, 0) is 42.0 Å². The molecule has 4 nitrogen and oxygen atoms in total. The molecule has 2 rings (SSSR count). The number of carbonyl (C=O) groups is 1. The van der Waals surface area contributed by atoms with Gasteiger partial charge in [-0.3, -0.25) is 5.10 Å².